The molecule has 0 saturated heterocycles. The second-order valence-corrected chi connectivity index (χ2v) is 6.82. The summed E-state index contributed by atoms with van der Waals surface area (Å²) in [7, 11) is 1.68. The Hall–Kier alpha value is -2.54. The van der Waals surface area contributed by atoms with E-state index in [4.69, 9.17) is 4.74 Å². The average Bonchev–Trinajstić information content (AvgIpc) is 3.16. The number of aromatic nitrogens is 4. The van der Waals surface area contributed by atoms with E-state index >= 15 is 0 Å². The van der Waals surface area contributed by atoms with Crippen LogP contribution in [0.5, 0.6) is 5.75 Å². The van der Waals surface area contributed by atoms with Gasteiger partial charge in [0.25, 0.3) is 0 Å². The number of nitrogens with zero attached hydrogens (tertiary/aromatic N) is 4. The number of rotatable bonds is 4. The molecule has 1 aliphatic heterocycles. The van der Waals surface area contributed by atoms with E-state index in [-0.39, 0.29) is 12.1 Å². The lowest BCUT2D eigenvalue weighted by Crippen LogP contribution is -2.28. The van der Waals surface area contributed by atoms with E-state index in [2.05, 4.69) is 63.5 Å². The molecule has 6 nitrogen and oxygen atoms in total. The third-order valence-electron chi connectivity index (χ3n) is 4.55. The minimum absolute atomic E-state index is 0.0957. The van der Waals surface area contributed by atoms with Crippen LogP contribution in [0.2, 0.25) is 0 Å². The molecule has 0 bridgehead atoms. The van der Waals surface area contributed by atoms with E-state index in [9.17, 15) is 0 Å². The van der Waals surface area contributed by atoms with Crippen LogP contribution in [0.15, 0.2) is 53.4 Å². The molecule has 3 aromatic rings. The molecule has 0 amide bonds. The van der Waals surface area contributed by atoms with Gasteiger partial charge >= 0.3 is 0 Å². The third kappa shape index (κ3) is 3.07. The SMILES string of the molecule is COc1cccc([C@H]2C[C@H](c3ccc(SC)cc3)n3nnnc3N2)c1. The maximum Gasteiger partial charge on any atom is 0.243 e. The maximum atomic E-state index is 5.36. The first-order valence-corrected chi connectivity index (χ1v) is 9.33. The molecular weight excluding hydrogens is 334 g/mol. The van der Waals surface area contributed by atoms with Crippen molar-refractivity contribution in [3.8, 4) is 5.75 Å². The number of benzene rings is 2. The molecule has 0 unspecified atom stereocenters. The Morgan fingerprint density at radius 1 is 1.16 bits per heavy atom. The van der Waals surface area contributed by atoms with Crippen molar-refractivity contribution < 1.29 is 4.74 Å². The summed E-state index contributed by atoms with van der Waals surface area (Å²) in [6, 6.07) is 17.0. The molecule has 2 aromatic carbocycles. The second kappa shape index (κ2) is 6.76. The topological polar surface area (TPSA) is 64.9 Å². The Morgan fingerprint density at radius 2 is 2.00 bits per heavy atom. The van der Waals surface area contributed by atoms with Gasteiger partial charge in [0.1, 0.15) is 5.75 Å². The molecule has 0 radical (unpaired) electrons. The molecule has 1 aromatic heterocycles. The van der Waals surface area contributed by atoms with Gasteiger partial charge in [-0.3, -0.25) is 0 Å². The number of tetrazole rings is 1. The quantitative estimate of drug-likeness (QED) is 0.724. The summed E-state index contributed by atoms with van der Waals surface area (Å²) in [6.07, 6.45) is 2.95. The van der Waals surface area contributed by atoms with Gasteiger partial charge in [0, 0.05) is 4.90 Å². The fraction of sp³-hybridized carbons (Fsp3) is 0.278. The fourth-order valence-corrected chi connectivity index (χ4v) is 3.63. The maximum absolute atomic E-state index is 5.36. The summed E-state index contributed by atoms with van der Waals surface area (Å²) in [6.45, 7) is 0. The Kier molecular flexibility index (Phi) is 4.31. The zero-order chi connectivity index (χ0) is 17.2. The highest BCUT2D eigenvalue weighted by molar-refractivity contribution is 7.98. The zero-order valence-corrected chi connectivity index (χ0v) is 14.9. The molecular formula is C18H19N5OS. The first kappa shape index (κ1) is 16.0. The van der Waals surface area contributed by atoms with Gasteiger partial charge in [-0.15, -0.1) is 11.8 Å². The van der Waals surface area contributed by atoms with Crippen molar-refractivity contribution in [2.75, 3.05) is 18.7 Å². The number of thioether (sulfide) groups is 1. The predicted molar refractivity (Wildman–Crippen MR) is 98.2 cm³/mol. The molecule has 128 valence electrons. The Bertz CT molecular complexity index is 864. The van der Waals surface area contributed by atoms with Crippen LogP contribution in [0.4, 0.5) is 5.95 Å². The number of nitrogens with one attached hydrogen (secondary N) is 1. The largest absolute Gasteiger partial charge is 0.497 e. The highest BCUT2D eigenvalue weighted by Gasteiger charge is 2.30. The normalized spacial score (nSPS) is 19.1. The lowest BCUT2D eigenvalue weighted by atomic mass is 9.93. The molecule has 25 heavy (non-hydrogen) atoms. The number of ether oxygens (including phenoxy) is 1. The number of methoxy groups -OCH3 is 1. The van der Waals surface area contributed by atoms with Crippen molar-refractivity contribution in [1.82, 2.24) is 20.2 Å². The van der Waals surface area contributed by atoms with Crippen LogP contribution in [-0.4, -0.2) is 33.6 Å². The Balaban J connectivity index is 1.69. The molecule has 0 aliphatic carbocycles. The van der Waals surface area contributed by atoms with Crippen LogP contribution in [0.3, 0.4) is 0 Å². The molecule has 0 spiro atoms. The Morgan fingerprint density at radius 3 is 2.76 bits per heavy atom. The minimum Gasteiger partial charge on any atom is -0.497 e. The smallest absolute Gasteiger partial charge is 0.243 e. The van der Waals surface area contributed by atoms with E-state index in [1.54, 1.807) is 18.9 Å². The first-order chi connectivity index (χ1) is 12.3. The summed E-state index contributed by atoms with van der Waals surface area (Å²) < 4.78 is 7.23. The van der Waals surface area contributed by atoms with Crippen LogP contribution >= 0.6 is 11.8 Å². The van der Waals surface area contributed by atoms with Gasteiger partial charge in [-0.25, -0.2) is 4.68 Å². The summed E-state index contributed by atoms with van der Waals surface area (Å²) >= 11 is 1.74. The van der Waals surface area contributed by atoms with Crippen molar-refractivity contribution >= 4 is 17.7 Å². The van der Waals surface area contributed by atoms with Crippen LogP contribution < -0.4 is 10.1 Å². The summed E-state index contributed by atoms with van der Waals surface area (Å²) in [4.78, 5) is 1.25. The van der Waals surface area contributed by atoms with Gasteiger partial charge in [-0.1, -0.05) is 29.4 Å². The lowest BCUT2D eigenvalue weighted by molar-refractivity contribution is 0.408. The molecule has 0 fully saturated rings. The van der Waals surface area contributed by atoms with Crippen LogP contribution in [0, 0.1) is 0 Å². The van der Waals surface area contributed by atoms with E-state index in [1.165, 1.54) is 16.0 Å². The van der Waals surface area contributed by atoms with E-state index in [0.29, 0.717) is 5.95 Å². The van der Waals surface area contributed by atoms with Crippen LogP contribution in [0.1, 0.15) is 29.6 Å². The van der Waals surface area contributed by atoms with Gasteiger partial charge in [-0.05, 0) is 58.5 Å². The molecule has 1 aliphatic rings. The molecule has 0 saturated carbocycles. The number of hydrogen-bond donors (Lipinski definition) is 1. The highest BCUT2D eigenvalue weighted by Crippen LogP contribution is 2.38. The lowest BCUT2D eigenvalue weighted by Gasteiger charge is -2.31. The minimum atomic E-state index is 0.0957. The van der Waals surface area contributed by atoms with E-state index < -0.39 is 0 Å². The summed E-state index contributed by atoms with van der Waals surface area (Å²) in [5.41, 5.74) is 2.38. The van der Waals surface area contributed by atoms with Gasteiger partial charge in [0.2, 0.25) is 5.95 Å². The monoisotopic (exact) mass is 353 g/mol. The van der Waals surface area contributed by atoms with E-state index in [0.717, 1.165) is 12.2 Å². The van der Waals surface area contributed by atoms with Crippen molar-refractivity contribution in [1.29, 1.82) is 0 Å². The number of fused-ring (bicyclic) bond motifs is 1. The highest BCUT2D eigenvalue weighted by atomic mass is 32.2. The summed E-state index contributed by atoms with van der Waals surface area (Å²) in [5.74, 6) is 1.54. The van der Waals surface area contributed by atoms with Crippen molar-refractivity contribution in [3.05, 3.63) is 59.7 Å². The fourth-order valence-electron chi connectivity index (χ4n) is 3.22. The third-order valence-corrected chi connectivity index (χ3v) is 5.29. The van der Waals surface area contributed by atoms with Gasteiger partial charge < -0.3 is 10.1 Å². The second-order valence-electron chi connectivity index (χ2n) is 5.95. The molecule has 2 heterocycles. The van der Waals surface area contributed by atoms with E-state index in [1.807, 2.05) is 16.8 Å². The molecule has 2 atom stereocenters. The van der Waals surface area contributed by atoms with Crippen molar-refractivity contribution in [2.45, 2.75) is 23.4 Å². The Labute approximate surface area is 150 Å². The van der Waals surface area contributed by atoms with Gasteiger partial charge in [0.15, 0.2) is 0 Å². The average molecular weight is 353 g/mol. The molecule has 1 N–H and O–H groups in total. The van der Waals surface area contributed by atoms with Gasteiger partial charge in [-0.2, -0.15) is 0 Å². The van der Waals surface area contributed by atoms with Crippen LogP contribution in [-0.2, 0) is 0 Å². The number of anilines is 1. The van der Waals surface area contributed by atoms with Crippen LogP contribution in [0.25, 0.3) is 0 Å². The van der Waals surface area contributed by atoms with Crippen molar-refractivity contribution in [2.24, 2.45) is 0 Å². The zero-order valence-electron chi connectivity index (χ0n) is 14.1. The van der Waals surface area contributed by atoms with Gasteiger partial charge in [0.05, 0.1) is 19.2 Å². The predicted octanol–water partition coefficient (Wildman–Crippen LogP) is 3.55. The standard InChI is InChI=1S/C18H19N5OS/c1-24-14-5-3-4-13(10-14)16-11-17(23-18(19-16)20-21-22-23)12-6-8-15(25-2)9-7-12/h3-10,16-17H,11H2,1-2H3,(H,19,20,22)/t16-,17-/m1/s1. The van der Waals surface area contributed by atoms with Crippen molar-refractivity contribution in [3.63, 3.8) is 0 Å². The summed E-state index contributed by atoms with van der Waals surface area (Å²) in [5, 5.41) is 15.6. The molecule has 4 rings (SSSR count). The first-order valence-electron chi connectivity index (χ1n) is 8.11. The molecule has 7 heteroatoms. The number of hydrogen-bond acceptors (Lipinski definition) is 6.